The van der Waals surface area contributed by atoms with Crippen molar-refractivity contribution in [3.63, 3.8) is 0 Å². The van der Waals surface area contributed by atoms with Crippen molar-refractivity contribution in [2.75, 3.05) is 31.2 Å². The monoisotopic (exact) mass is 215 g/mol. The number of nitrogens with zero attached hydrogens (tertiary/aromatic N) is 3. The second-order valence-corrected chi connectivity index (χ2v) is 3.83. The van der Waals surface area contributed by atoms with E-state index in [4.69, 9.17) is 4.74 Å². The van der Waals surface area contributed by atoms with Crippen molar-refractivity contribution in [3.05, 3.63) is 16.3 Å². The average molecular weight is 215 g/mol. The summed E-state index contributed by atoms with van der Waals surface area (Å²) >= 11 is 1.11. The van der Waals surface area contributed by atoms with Crippen molar-refractivity contribution in [1.29, 1.82) is 0 Å². The molecule has 1 aromatic heterocycles. The molecule has 1 fully saturated rings. The number of thiazole rings is 1. The third kappa shape index (κ3) is 1.83. The Kier molecular flexibility index (Phi) is 2.60. The lowest BCUT2D eigenvalue weighted by Gasteiger charge is -2.25. The van der Waals surface area contributed by atoms with Crippen LogP contribution in [-0.2, 0) is 4.74 Å². The first kappa shape index (κ1) is 9.35. The molecule has 0 saturated carbocycles. The maximum Gasteiger partial charge on any atom is 0.425 e. The van der Waals surface area contributed by atoms with Gasteiger partial charge in [0.25, 0.3) is 0 Å². The van der Waals surface area contributed by atoms with Gasteiger partial charge in [-0.15, -0.1) is 0 Å². The highest BCUT2D eigenvalue weighted by molar-refractivity contribution is 7.18. The van der Waals surface area contributed by atoms with Gasteiger partial charge in [0.2, 0.25) is 0 Å². The van der Waals surface area contributed by atoms with E-state index in [2.05, 4.69) is 4.98 Å². The number of morpholine rings is 1. The van der Waals surface area contributed by atoms with Crippen molar-refractivity contribution >= 4 is 21.5 Å². The molecule has 1 saturated heterocycles. The molecule has 1 aliphatic heterocycles. The van der Waals surface area contributed by atoms with E-state index in [0.29, 0.717) is 13.2 Å². The topological polar surface area (TPSA) is 68.5 Å². The second-order valence-electron chi connectivity index (χ2n) is 2.84. The van der Waals surface area contributed by atoms with Crippen LogP contribution in [0.4, 0.5) is 10.1 Å². The molecule has 6 nitrogen and oxygen atoms in total. The summed E-state index contributed by atoms with van der Waals surface area (Å²) in [5, 5.41) is 11.2. The third-order valence-electron chi connectivity index (χ3n) is 1.96. The Bertz CT molecular complexity index is 335. The van der Waals surface area contributed by atoms with Gasteiger partial charge in [0.05, 0.1) is 13.2 Å². The van der Waals surface area contributed by atoms with Crippen LogP contribution in [0.2, 0.25) is 0 Å². The fourth-order valence-electron chi connectivity index (χ4n) is 1.27. The molecule has 1 aromatic rings. The number of ether oxygens (including phenoxy) is 1. The minimum Gasteiger partial charge on any atom is -0.378 e. The fourth-order valence-corrected chi connectivity index (χ4v) is 2.06. The first-order valence-electron chi connectivity index (χ1n) is 4.20. The van der Waals surface area contributed by atoms with Crippen LogP contribution in [0.15, 0.2) is 6.20 Å². The molecule has 0 unspecified atom stereocenters. The van der Waals surface area contributed by atoms with Crippen LogP contribution in [-0.4, -0.2) is 36.2 Å². The first-order valence-corrected chi connectivity index (χ1v) is 5.02. The molecule has 0 amide bonds. The van der Waals surface area contributed by atoms with E-state index >= 15 is 0 Å². The lowest BCUT2D eigenvalue weighted by Crippen LogP contribution is -2.35. The van der Waals surface area contributed by atoms with E-state index in [9.17, 15) is 10.1 Å². The van der Waals surface area contributed by atoms with E-state index < -0.39 is 4.92 Å². The van der Waals surface area contributed by atoms with Gasteiger partial charge < -0.3 is 19.8 Å². The Morgan fingerprint density at radius 3 is 2.86 bits per heavy atom. The Morgan fingerprint density at radius 1 is 1.57 bits per heavy atom. The zero-order valence-electron chi connectivity index (χ0n) is 7.38. The predicted octanol–water partition coefficient (Wildman–Crippen LogP) is 0.888. The summed E-state index contributed by atoms with van der Waals surface area (Å²) < 4.78 is 5.18. The average Bonchev–Trinajstić information content (AvgIpc) is 2.68. The third-order valence-corrected chi connectivity index (χ3v) is 2.97. The molecule has 0 radical (unpaired) electrons. The van der Waals surface area contributed by atoms with Gasteiger partial charge >= 0.3 is 5.13 Å². The van der Waals surface area contributed by atoms with Crippen LogP contribution in [0.1, 0.15) is 0 Å². The largest absolute Gasteiger partial charge is 0.425 e. The minimum absolute atomic E-state index is 0.0495. The van der Waals surface area contributed by atoms with Gasteiger partial charge in [-0.3, -0.25) is 0 Å². The molecule has 2 rings (SSSR count). The molecule has 0 atom stereocenters. The maximum absolute atomic E-state index is 10.4. The second kappa shape index (κ2) is 3.89. The van der Waals surface area contributed by atoms with Crippen LogP contribution in [0.25, 0.3) is 0 Å². The van der Waals surface area contributed by atoms with Crippen molar-refractivity contribution in [1.82, 2.24) is 4.98 Å². The fraction of sp³-hybridized carbons (Fsp3) is 0.571. The van der Waals surface area contributed by atoms with E-state index in [1.807, 2.05) is 4.90 Å². The number of hydrogen-bond acceptors (Lipinski definition) is 6. The van der Waals surface area contributed by atoms with E-state index in [0.717, 1.165) is 29.4 Å². The molecular formula is C7H9N3O3S. The van der Waals surface area contributed by atoms with Crippen molar-refractivity contribution in [3.8, 4) is 0 Å². The lowest BCUT2D eigenvalue weighted by atomic mass is 10.4. The van der Waals surface area contributed by atoms with Crippen molar-refractivity contribution in [2.45, 2.75) is 0 Å². The van der Waals surface area contributed by atoms with E-state index in [1.54, 1.807) is 6.20 Å². The molecule has 14 heavy (non-hydrogen) atoms. The van der Waals surface area contributed by atoms with Crippen LogP contribution < -0.4 is 4.90 Å². The van der Waals surface area contributed by atoms with Crippen LogP contribution in [0, 0.1) is 10.1 Å². The molecule has 1 aliphatic rings. The SMILES string of the molecule is O=[N+]([O-])c1ncc(N2CCOCC2)s1. The Morgan fingerprint density at radius 2 is 2.29 bits per heavy atom. The molecule has 2 heterocycles. The van der Waals surface area contributed by atoms with Gasteiger partial charge in [-0.25, -0.2) is 0 Å². The van der Waals surface area contributed by atoms with Gasteiger partial charge in [0, 0.05) is 13.1 Å². The normalized spacial score (nSPS) is 17.0. The highest BCUT2D eigenvalue weighted by Crippen LogP contribution is 2.28. The summed E-state index contributed by atoms with van der Waals surface area (Å²) in [7, 11) is 0. The zero-order valence-corrected chi connectivity index (χ0v) is 8.20. The summed E-state index contributed by atoms with van der Waals surface area (Å²) in [5.74, 6) is 0. The summed E-state index contributed by atoms with van der Waals surface area (Å²) in [5.41, 5.74) is 0. The lowest BCUT2D eigenvalue weighted by molar-refractivity contribution is -0.384. The number of hydrogen-bond donors (Lipinski definition) is 0. The molecule has 0 N–H and O–H groups in total. The van der Waals surface area contributed by atoms with Gasteiger partial charge in [0.1, 0.15) is 5.00 Å². The predicted molar refractivity (Wildman–Crippen MR) is 51.8 cm³/mol. The van der Waals surface area contributed by atoms with E-state index in [-0.39, 0.29) is 5.13 Å². The smallest absolute Gasteiger partial charge is 0.378 e. The molecule has 0 aliphatic carbocycles. The summed E-state index contributed by atoms with van der Waals surface area (Å²) in [4.78, 5) is 15.7. The molecule has 0 spiro atoms. The Hall–Kier alpha value is -1.21. The number of rotatable bonds is 2. The molecule has 76 valence electrons. The van der Waals surface area contributed by atoms with Gasteiger partial charge in [-0.2, -0.15) is 0 Å². The number of anilines is 1. The Balaban J connectivity index is 2.11. The van der Waals surface area contributed by atoms with Crippen LogP contribution in [0.5, 0.6) is 0 Å². The quantitative estimate of drug-likeness (QED) is 0.541. The molecule has 0 aromatic carbocycles. The number of nitro groups is 1. The minimum atomic E-state index is -0.464. The number of aromatic nitrogens is 1. The Labute approximate surface area is 84.3 Å². The molecule has 0 bridgehead atoms. The first-order chi connectivity index (χ1) is 6.77. The summed E-state index contributed by atoms with van der Waals surface area (Å²) in [6, 6.07) is 0. The van der Waals surface area contributed by atoms with Crippen LogP contribution >= 0.6 is 11.3 Å². The van der Waals surface area contributed by atoms with Gasteiger partial charge in [0.15, 0.2) is 6.20 Å². The van der Waals surface area contributed by atoms with E-state index in [1.165, 1.54) is 0 Å². The highest BCUT2D eigenvalue weighted by atomic mass is 32.1. The summed E-state index contributed by atoms with van der Waals surface area (Å²) in [6.45, 7) is 2.90. The maximum atomic E-state index is 10.4. The highest BCUT2D eigenvalue weighted by Gasteiger charge is 2.19. The summed E-state index contributed by atoms with van der Waals surface area (Å²) in [6.07, 6.45) is 1.55. The zero-order chi connectivity index (χ0) is 9.97. The van der Waals surface area contributed by atoms with Crippen molar-refractivity contribution in [2.24, 2.45) is 0 Å². The van der Waals surface area contributed by atoms with Crippen LogP contribution in [0.3, 0.4) is 0 Å². The van der Waals surface area contributed by atoms with Gasteiger partial charge in [-0.05, 0) is 21.2 Å². The van der Waals surface area contributed by atoms with Crippen molar-refractivity contribution < 1.29 is 9.66 Å². The molecular weight excluding hydrogens is 206 g/mol. The van der Waals surface area contributed by atoms with Gasteiger partial charge in [-0.1, -0.05) is 0 Å². The standard InChI is InChI=1S/C7H9N3O3S/c11-10(12)7-8-5-6(14-7)9-1-3-13-4-2-9/h5H,1-4H2. The molecule has 7 heteroatoms.